The molecule has 2 amide bonds. The molecule has 7 heteroatoms. The summed E-state index contributed by atoms with van der Waals surface area (Å²) in [6.07, 6.45) is 2.74. The molecule has 6 nitrogen and oxygen atoms in total. The van der Waals surface area contributed by atoms with Crippen LogP contribution >= 0.6 is 0 Å². The van der Waals surface area contributed by atoms with Gasteiger partial charge in [0.2, 0.25) is 10.0 Å². The summed E-state index contributed by atoms with van der Waals surface area (Å²) >= 11 is 0. The molecule has 1 saturated heterocycles. The van der Waals surface area contributed by atoms with Gasteiger partial charge in [0, 0.05) is 18.3 Å². The lowest BCUT2D eigenvalue weighted by Crippen LogP contribution is -2.30. The van der Waals surface area contributed by atoms with Crippen LogP contribution in [0.25, 0.3) is 0 Å². The lowest BCUT2D eigenvalue weighted by molar-refractivity contribution is 0.251. The van der Waals surface area contributed by atoms with E-state index in [1.165, 1.54) is 4.31 Å². The summed E-state index contributed by atoms with van der Waals surface area (Å²) in [5, 5.41) is 5.62. The summed E-state index contributed by atoms with van der Waals surface area (Å²) in [4.78, 5) is 11.7. The molecular weight excluding hydrogens is 290 g/mol. The predicted molar refractivity (Wildman–Crippen MR) is 82.1 cm³/mol. The molecule has 0 unspecified atom stereocenters. The van der Waals surface area contributed by atoms with Gasteiger partial charge in [0.15, 0.2) is 0 Å². The number of hydrogen-bond acceptors (Lipinski definition) is 3. The minimum absolute atomic E-state index is 0.205. The number of carbonyl (C=O) groups excluding carboxylic acids is 1. The summed E-state index contributed by atoms with van der Waals surface area (Å²) in [7, 11) is -3.17. The second kappa shape index (κ2) is 5.22. The molecular formula is C14H19N3O3S. The molecule has 1 heterocycles. The van der Waals surface area contributed by atoms with Crippen LogP contribution in [0.1, 0.15) is 24.8 Å². The molecule has 2 N–H and O–H groups in total. The van der Waals surface area contributed by atoms with Gasteiger partial charge in [-0.3, -0.25) is 4.31 Å². The van der Waals surface area contributed by atoms with Gasteiger partial charge in [0.25, 0.3) is 0 Å². The van der Waals surface area contributed by atoms with E-state index < -0.39 is 10.0 Å². The van der Waals surface area contributed by atoms with Gasteiger partial charge in [-0.05, 0) is 49.9 Å². The summed E-state index contributed by atoms with van der Waals surface area (Å²) < 4.78 is 25.4. The first-order chi connectivity index (χ1) is 9.95. The third kappa shape index (κ3) is 3.12. The van der Waals surface area contributed by atoms with Crippen LogP contribution < -0.4 is 14.9 Å². The molecule has 1 aromatic rings. The first-order valence-electron chi connectivity index (χ1n) is 7.14. The third-order valence-electron chi connectivity index (χ3n) is 3.74. The molecule has 1 aromatic carbocycles. The Morgan fingerprint density at radius 1 is 1.33 bits per heavy atom. The van der Waals surface area contributed by atoms with Crippen molar-refractivity contribution in [2.45, 2.75) is 32.2 Å². The molecule has 1 saturated carbocycles. The number of nitrogens with one attached hydrogen (secondary N) is 2. The van der Waals surface area contributed by atoms with Crippen molar-refractivity contribution >= 4 is 27.4 Å². The van der Waals surface area contributed by atoms with Crippen molar-refractivity contribution in [2.75, 3.05) is 21.9 Å². The number of carbonyl (C=O) groups is 1. The zero-order valence-electron chi connectivity index (χ0n) is 11.9. The van der Waals surface area contributed by atoms with Crippen molar-refractivity contribution in [2.24, 2.45) is 0 Å². The van der Waals surface area contributed by atoms with Gasteiger partial charge in [-0.2, -0.15) is 0 Å². The van der Waals surface area contributed by atoms with E-state index in [1.807, 2.05) is 6.92 Å². The second-order valence-electron chi connectivity index (χ2n) is 5.62. The molecule has 114 valence electrons. The van der Waals surface area contributed by atoms with E-state index in [0.717, 1.165) is 18.4 Å². The number of hydrogen-bond donors (Lipinski definition) is 2. The topological polar surface area (TPSA) is 78.5 Å². The fraction of sp³-hybridized carbons (Fsp3) is 0.500. The Hall–Kier alpha value is -1.76. The molecule has 0 atom stereocenters. The smallest absolute Gasteiger partial charge is 0.319 e. The molecule has 1 aliphatic carbocycles. The van der Waals surface area contributed by atoms with Gasteiger partial charge >= 0.3 is 6.03 Å². The Bertz CT molecular complexity index is 668. The Morgan fingerprint density at radius 2 is 2.10 bits per heavy atom. The molecule has 0 radical (unpaired) electrons. The van der Waals surface area contributed by atoms with E-state index in [2.05, 4.69) is 10.6 Å². The predicted octanol–water partition coefficient (Wildman–Crippen LogP) is 1.82. The van der Waals surface area contributed by atoms with Crippen LogP contribution in [-0.2, 0) is 10.0 Å². The molecule has 3 rings (SSSR count). The standard InChI is InChI=1S/C14H19N3O3S/c1-10-9-12(16-14(18)15-11-3-4-11)5-6-13(10)17-7-2-8-21(17,19)20/h5-6,9,11H,2-4,7-8H2,1H3,(H2,15,16,18). The van der Waals surface area contributed by atoms with Crippen LogP contribution in [0.4, 0.5) is 16.2 Å². The lowest BCUT2D eigenvalue weighted by atomic mass is 10.1. The SMILES string of the molecule is Cc1cc(NC(=O)NC2CC2)ccc1N1CCCS1(=O)=O. The number of urea groups is 1. The van der Waals surface area contributed by atoms with E-state index in [9.17, 15) is 13.2 Å². The maximum Gasteiger partial charge on any atom is 0.319 e. The minimum atomic E-state index is -3.17. The Morgan fingerprint density at radius 3 is 2.67 bits per heavy atom. The fourth-order valence-electron chi connectivity index (χ4n) is 2.50. The monoisotopic (exact) mass is 309 g/mol. The van der Waals surface area contributed by atoms with E-state index in [0.29, 0.717) is 30.4 Å². The highest BCUT2D eigenvalue weighted by atomic mass is 32.2. The highest BCUT2D eigenvalue weighted by Gasteiger charge is 2.29. The minimum Gasteiger partial charge on any atom is -0.335 e. The van der Waals surface area contributed by atoms with E-state index in [1.54, 1.807) is 18.2 Å². The number of aryl methyl sites for hydroxylation is 1. The van der Waals surface area contributed by atoms with Crippen LogP contribution in [0, 0.1) is 6.92 Å². The summed E-state index contributed by atoms with van der Waals surface area (Å²) in [6, 6.07) is 5.39. The summed E-state index contributed by atoms with van der Waals surface area (Å²) in [6.45, 7) is 2.38. The van der Waals surface area contributed by atoms with Crippen LogP contribution in [0.3, 0.4) is 0 Å². The average Bonchev–Trinajstić information content (AvgIpc) is 3.12. The largest absolute Gasteiger partial charge is 0.335 e. The number of benzene rings is 1. The third-order valence-corrected chi connectivity index (χ3v) is 5.59. The van der Waals surface area contributed by atoms with Crippen LogP contribution in [-0.4, -0.2) is 32.8 Å². The summed E-state index contributed by atoms with van der Waals surface area (Å²) in [5.41, 5.74) is 2.20. The van der Waals surface area contributed by atoms with Crippen molar-refractivity contribution in [3.05, 3.63) is 23.8 Å². The molecule has 0 aromatic heterocycles. The second-order valence-corrected chi connectivity index (χ2v) is 7.63. The van der Waals surface area contributed by atoms with Crippen molar-refractivity contribution in [3.63, 3.8) is 0 Å². The molecule has 2 aliphatic rings. The number of anilines is 2. The van der Waals surface area contributed by atoms with Crippen LogP contribution in [0.15, 0.2) is 18.2 Å². The van der Waals surface area contributed by atoms with Crippen molar-refractivity contribution in [1.82, 2.24) is 5.32 Å². The molecule has 0 bridgehead atoms. The Balaban J connectivity index is 1.74. The number of amides is 2. The quantitative estimate of drug-likeness (QED) is 0.894. The van der Waals surface area contributed by atoms with Crippen molar-refractivity contribution in [3.8, 4) is 0 Å². The summed E-state index contributed by atoms with van der Waals surface area (Å²) in [5.74, 6) is 0.205. The first-order valence-corrected chi connectivity index (χ1v) is 8.75. The van der Waals surface area contributed by atoms with Gasteiger partial charge in [-0.15, -0.1) is 0 Å². The van der Waals surface area contributed by atoms with Gasteiger partial charge < -0.3 is 10.6 Å². The normalized spacial score (nSPS) is 20.3. The number of rotatable bonds is 3. The van der Waals surface area contributed by atoms with Crippen molar-refractivity contribution < 1.29 is 13.2 Å². The zero-order valence-corrected chi connectivity index (χ0v) is 12.7. The van der Waals surface area contributed by atoms with Gasteiger partial charge in [-0.25, -0.2) is 13.2 Å². The zero-order chi connectivity index (χ0) is 15.0. The highest BCUT2D eigenvalue weighted by molar-refractivity contribution is 7.93. The van der Waals surface area contributed by atoms with Gasteiger partial charge in [0.05, 0.1) is 11.4 Å². The highest BCUT2D eigenvalue weighted by Crippen LogP contribution is 2.29. The molecule has 1 aliphatic heterocycles. The maximum atomic E-state index is 12.0. The van der Waals surface area contributed by atoms with Crippen molar-refractivity contribution in [1.29, 1.82) is 0 Å². The van der Waals surface area contributed by atoms with E-state index >= 15 is 0 Å². The van der Waals surface area contributed by atoms with Crippen LogP contribution in [0.5, 0.6) is 0 Å². The Kier molecular flexibility index (Phi) is 3.52. The van der Waals surface area contributed by atoms with E-state index in [-0.39, 0.29) is 11.8 Å². The lowest BCUT2D eigenvalue weighted by Gasteiger charge is -2.20. The van der Waals surface area contributed by atoms with Gasteiger partial charge in [0.1, 0.15) is 0 Å². The maximum absolute atomic E-state index is 12.0. The number of nitrogens with zero attached hydrogens (tertiary/aromatic N) is 1. The molecule has 2 fully saturated rings. The Labute approximate surface area is 124 Å². The molecule has 21 heavy (non-hydrogen) atoms. The number of sulfonamides is 1. The van der Waals surface area contributed by atoms with E-state index in [4.69, 9.17) is 0 Å². The fourth-order valence-corrected chi connectivity index (χ4v) is 4.13. The average molecular weight is 309 g/mol. The van der Waals surface area contributed by atoms with Gasteiger partial charge in [-0.1, -0.05) is 0 Å². The molecule has 0 spiro atoms. The van der Waals surface area contributed by atoms with Crippen LogP contribution in [0.2, 0.25) is 0 Å². The first kappa shape index (κ1) is 14.2.